The Labute approximate surface area is 116 Å². The fourth-order valence-electron chi connectivity index (χ4n) is 3.74. The van der Waals surface area contributed by atoms with E-state index in [0.717, 1.165) is 12.8 Å². The largest absolute Gasteiger partial charge is 0.349 e. The summed E-state index contributed by atoms with van der Waals surface area (Å²) < 4.78 is 0. The van der Waals surface area contributed by atoms with Gasteiger partial charge in [-0.3, -0.25) is 4.79 Å². The Morgan fingerprint density at radius 3 is 2.32 bits per heavy atom. The van der Waals surface area contributed by atoms with Gasteiger partial charge in [-0.25, -0.2) is 0 Å². The highest BCUT2D eigenvalue weighted by Gasteiger charge is 2.50. The van der Waals surface area contributed by atoms with E-state index in [9.17, 15) is 4.79 Å². The standard InChI is InChI=1S/C17H25NO/c1-12-8-6-7-9-14(12)13(2)18-15(19)17(5)10-16(3,4)11-17/h6-9,13H,10-11H2,1-5H3,(H,18,19). The van der Waals surface area contributed by atoms with Crippen LogP contribution >= 0.6 is 0 Å². The molecule has 0 aliphatic heterocycles. The Kier molecular flexibility index (Phi) is 3.46. The minimum Gasteiger partial charge on any atom is -0.349 e. The maximum atomic E-state index is 12.4. The molecule has 0 aromatic heterocycles. The molecule has 0 heterocycles. The van der Waals surface area contributed by atoms with Gasteiger partial charge in [-0.05, 0) is 43.2 Å². The van der Waals surface area contributed by atoms with Crippen molar-refractivity contribution in [1.82, 2.24) is 5.32 Å². The SMILES string of the molecule is Cc1ccccc1C(C)NC(=O)C1(C)CC(C)(C)C1. The Bertz CT molecular complexity index is 482. The molecule has 1 aromatic carbocycles. The Morgan fingerprint density at radius 1 is 1.21 bits per heavy atom. The molecular formula is C17H25NO. The van der Waals surface area contributed by atoms with Crippen molar-refractivity contribution in [1.29, 1.82) is 0 Å². The van der Waals surface area contributed by atoms with E-state index >= 15 is 0 Å². The van der Waals surface area contributed by atoms with E-state index in [0.29, 0.717) is 5.41 Å². The number of hydrogen-bond acceptors (Lipinski definition) is 1. The number of carbonyl (C=O) groups excluding carboxylic acids is 1. The van der Waals surface area contributed by atoms with Gasteiger partial charge in [0, 0.05) is 5.41 Å². The molecule has 1 aliphatic rings. The van der Waals surface area contributed by atoms with Crippen LogP contribution < -0.4 is 5.32 Å². The average molecular weight is 259 g/mol. The van der Waals surface area contributed by atoms with Crippen LogP contribution in [0.3, 0.4) is 0 Å². The predicted octanol–water partition coefficient (Wildman–Crippen LogP) is 4.00. The second kappa shape index (κ2) is 4.66. The number of rotatable bonds is 3. The topological polar surface area (TPSA) is 29.1 Å². The zero-order valence-corrected chi connectivity index (χ0v) is 12.7. The lowest BCUT2D eigenvalue weighted by Crippen LogP contribution is -2.51. The lowest BCUT2D eigenvalue weighted by atomic mass is 9.55. The molecule has 104 valence electrons. The van der Waals surface area contributed by atoms with Gasteiger partial charge in [0.1, 0.15) is 0 Å². The predicted molar refractivity (Wildman–Crippen MR) is 78.9 cm³/mol. The summed E-state index contributed by atoms with van der Waals surface area (Å²) in [4.78, 5) is 12.4. The number of benzene rings is 1. The average Bonchev–Trinajstić information content (AvgIpc) is 2.26. The van der Waals surface area contributed by atoms with Crippen LogP contribution in [0.4, 0.5) is 0 Å². The van der Waals surface area contributed by atoms with Crippen LogP contribution in [0.2, 0.25) is 0 Å². The second-order valence-corrected chi connectivity index (χ2v) is 7.13. The first-order chi connectivity index (χ1) is 8.73. The van der Waals surface area contributed by atoms with Gasteiger partial charge < -0.3 is 5.32 Å². The summed E-state index contributed by atoms with van der Waals surface area (Å²) in [5.74, 6) is 0.197. The highest BCUT2D eigenvalue weighted by Crippen LogP contribution is 2.54. The minimum absolute atomic E-state index is 0.0780. The van der Waals surface area contributed by atoms with Crippen molar-refractivity contribution in [3.63, 3.8) is 0 Å². The first kappa shape index (κ1) is 14.1. The highest BCUT2D eigenvalue weighted by atomic mass is 16.2. The fraction of sp³-hybridized carbons (Fsp3) is 0.588. The van der Waals surface area contributed by atoms with Crippen LogP contribution in [0.5, 0.6) is 0 Å². The van der Waals surface area contributed by atoms with Gasteiger partial charge in [0.25, 0.3) is 0 Å². The first-order valence-corrected chi connectivity index (χ1v) is 7.10. The van der Waals surface area contributed by atoms with E-state index < -0.39 is 0 Å². The molecule has 1 aliphatic carbocycles. The molecule has 1 aromatic rings. The molecule has 1 atom stereocenters. The van der Waals surface area contributed by atoms with Crippen LogP contribution in [-0.4, -0.2) is 5.91 Å². The Balaban J connectivity index is 2.02. The quantitative estimate of drug-likeness (QED) is 0.873. The molecule has 2 rings (SSSR count). The number of hydrogen-bond donors (Lipinski definition) is 1. The summed E-state index contributed by atoms with van der Waals surface area (Å²) in [5, 5.41) is 3.18. The third kappa shape index (κ3) is 2.83. The van der Waals surface area contributed by atoms with Crippen molar-refractivity contribution in [3.8, 4) is 0 Å². The van der Waals surface area contributed by atoms with Crippen molar-refractivity contribution in [2.24, 2.45) is 10.8 Å². The smallest absolute Gasteiger partial charge is 0.226 e. The molecular weight excluding hydrogens is 234 g/mol. The first-order valence-electron chi connectivity index (χ1n) is 7.10. The Morgan fingerprint density at radius 2 is 1.79 bits per heavy atom. The van der Waals surface area contributed by atoms with E-state index in [2.05, 4.69) is 52.1 Å². The molecule has 0 spiro atoms. The van der Waals surface area contributed by atoms with E-state index in [1.807, 2.05) is 12.1 Å². The third-order valence-electron chi connectivity index (χ3n) is 4.29. The van der Waals surface area contributed by atoms with Crippen molar-refractivity contribution in [3.05, 3.63) is 35.4 Å². The van der Waals surface area contributed by atoms with Crippen LogP contribution in [0, 0.1) is 17.8 Å². The van der Waals surface area contributed by atoms with E-state index in [4.69, 9.17) is 0 Å². The van der Waals surface area contributed by atoms with Crippen LogP contribution in [0.25, 0.3) is 0 Å². The van der Waals surface area contributed by atoms with Gasteiger partial charge in [-0.1, -0.05) is 45.0 Å². The summed E-state index contributed by atoms with van der Waals surface area (Å²) in [6.07, 6.45) is 1.96. The summed E-state index contributed by atoms with van der Waals surface area (Å²) >= 11 is 0. The summed E-state index contributed by atoms with van der Waals surface area (Å²) in [7, 11) is 0. The van der Waals surface area contributed by atoms with Crippen molar-refractivity contribution in [2.75, 3.05) is 0 Å². The molecule has 1 saturated carbocycles. The normalized spacial score (nSPS) is 21.3. The maximum Gasteiger partial charge on any atom is 0.226 e. The fourth-order valence-corrected chi connectivity index (χ4v) is 3.74. The summed E-state index contributed by atoms with van der Waals surface area (Å²) in [5.41, 5.74) is 2.57. The summed E-state index contributed by atoms with van der Waals surface area (Å²) in [6.45, 7) is 10.7. The zero-order chi connectivity index (χ0) is 14.3. The van der Waals surface area contributed by atoms with Gasteiger partial charge in [-0.15, -0.1) is 0 Å². The van der Waals surface area contributed by atoms with Gasteiger partial charge in [-0.2, -0.15) is 0 Å². The molecule has 1 N–H and O–H groups in total. The van der Waals surface area contributed by atoms with E-state index in [-0.39, 0.29) is 17.4 Å². The molecule has 1 amide bonds. The molecule has 2 nitrogen and oxygen atoms in total. The van der Waals surface area contributed by atoms with Gasteiger partial charge in [0.15, 0.2) is 0 Å². The van der Waals surface area contributed by atoms with Crippen molar-refractivity contribution < 1.29 is 4.79 Å². The van der Waals surface area contributed by atoms with E-state index in [1.54, 1.807) is 0 Å². The summed E-state index contributed by atoms with van der Waals surface area (Å²) in [6, 6.07) is 8.32. The van der Waals surface area contributed by atoms with Crippen LogP contribution in [-0.2, 0) is 4.79 Å². The van der Waals surface area contributed by atoms with Crippen molar-refractivity contribution in [2.45, 2.75) is 53.5 Å². The Hall–Kier alpha value is -1.31. The van der Waals surface area contributed by atoms with Gasteiger partial charge in [0.05, 0.1) is 6.04 Å². The highest BCUT2D eigenvalue weighted by molar-refractivity contribution is 5.83. The van der Waals surface area contributed by atoms with Crippen LogP contribution in [0.1, 0.15) is 57.7 Å². The minimum atomic E-state index is -0.180. The van der Waals surface area contributed by atoms with E-state index in [1.165, 1.54) is 11.1 Å². The zero-order valence-electron chi connectivity index (χ0n) is 12.7. The lowest BCUT2D eigenvalue weighted by molar-refractivity contribution is -0.143. The molecule has 19 heavy (non-hydrogen) atoms. The molecule has 0 saturated heterocycles. The number of aryl methyl sites for hydroxylation is 1. The number of amides is 1. The van der Waals surface area contributed by atoms with Crippen molar-refractivity contribution >= 4 is 5.91 Å². The third-order valence-corrected chi connectivity index (χ3v) is 4.29. The lowest BCUT2D eigenvalue weighted by Gasteiger charge is -2.50. The monoisotopic (exact) mass is 259 g/mol. The molecule has 0 radical (unpaired) electrons. The molecule has 2 heteroatoms. The molecule has 0 bridgehead atoms. The van der Waals surface area contributed by atoms with Crippen LogP contribution in [0.15, 0.2) is 24.3 Å². The second-order valence-electron chi connectivity index (χ2n) is 7.13. The molecule has 1 fully saturated rings. The van der Waals surface area contributed by atoms with Gasteiger partial charge >= 0.3 is 0 Å². The maximum absolute atomic E-state index is 12.4. The number of nitrogens with one attached hydrogen (secondary N) is 1. The van der Waals surface area contributed by atoms with Gasteiger partial charge in [0.2, 0.25) is 5.91 Å². The molecule has 1 unspecified atom stereocenters. The number of carbonyl (C=O) groups is 1.